The van der Waals surface area contributed by atoms with Gasteiger partial charge in [-0.1, -0.05) is 6.08 Å². The molecule has 0 saturated heterocycles. The number of alkyl halides is 2. The normalized spacial score (nSPS) is 16.6. The molecule has 0 amide bonds. The van der Waals surface area contributed by atoms with Gasteiger partial charge in [-0.15, -0.1) is 0 Å². The van der Waals surface area contributed by atoms with Gasteiger partial charge in [-0.2, -0.15) is 0 Å². The fourth-order valence-corrected chi connectivity index (χ4v) is 3.83. The predicted octanol–water partition coefficient (Wildman–Crippen LogP) is 4.41. The van der Waals surface area contributed by atoms with Gasteiger partial charge < -0.3 is 9.72 Å². The Hall–Kier alpha value is -2.90. The van der Waals surface area contributed by atoms with Crippen molar-refractivity contribution in [3.05, 3.63) is 59.1 Å². The first kappa shape index (κ1) is 18.1. The zero-order valence-corrected chi connectivity index (χ0v) is 15.9. The van der Waals surface area contributed by atoms with Gasteiger partial charge in [0.25, 0.3) is 5.92 Å². The quantitative estimate of drug-likeness (QED) is 0.691. The van der Waals surface area contributed by atoms with Crippen LogP contribution in [0.3, 0.4) is 0 Å². The van der Waals surface area contributed by atoms with Gasteiger partial charge in [0.1, 0.15) is 0 Å². The molecule has 0 aliphatic heterocycles. The second-order valence-electron chi connectivity index (χ2n) is 7.79. The minimum Gasteiger partial charge on any atom is -0.348 e. The van der Waals surface area contributed by atoms with E-state index in [1.807, 2.05) is 19.2 Å². The van der Waals surface area contributed by atoms with Crippen LogP contribution in [0.1, 0.15) is 41.8 Å². The molecule has 3 aromatic rings. The first-order chi connectivity index (χ1) is 13.9. The smallest absolute Gasteiger partial charge is 0.267 e. The van der Waals surface area contributed by atoms with Crippen LogP contribution in [0.25, 0.3) is 11.2 Å². The van der Waals surface area contributed by atoms with Gasteiger partial charge in [0.15, 0.2) is 11.5 Å². The molecule has 5 rings (SSSR count). The van der Waals surface area contributed by atoms with E-state index in [4.69, 9.17) is 0 Å². The summed E-state index contributed by atoms with van der Waals surface area (Å²) in [6, 6.07) is 1.46. The molecule has 1 saturated carbocycles. The molecule has 0 radical (unpaired) electrons. The summed E-state index contributed by atoms with van der Waals surface area (Å²) in [5, 5.41) is 2.68. The van der Waals surface area contributed by atoms with Crippen LogP contribution in [0.2, 0.25) is 0 Å². The number of nitrogens with one attached hydrogen (secondary N) is 1. The summed E-state index contributed by atoms with van der Waals surface area (Å²) in [7, 11) is 0. The second kappa shape index (κ2) is 6.57. The van der Waals surface area contributed by atoms with Crippen LogP contribution in [-0.2, 0) is 6.42 Å². The number of halogens is 3. The third kappa shape index (κ3) is 3.36. The maximum Gasteiger partial charge on any atom is 0.267 e. The molecule has 0 unspecified atom stereocenters. The highest BCUT2D eigenvalue weighted by Crippen LogP contribution is 2.43. The van der Waals surface area contributed by atoms with E-state index in [9.17, 15) is 13.2 Å². The highest BCUT2D eigenvalue weighted by atomic mass is 19.3. The Balaban J connectivity index is 1.44. The highest BCUT2D eigenvalue weighted by Gasteiger charge is 2.46. The molecule has 0 bridgehead atoms. The topological polar surface area (TPSA) is 55.1 Å². The lowest BCUT2D eigenvalue weighted by atomic mass is 9.91. The Kier molecular flexibility index (Phi) is 4.11. The Morgan fingerprint density at radius 2 is 2.07 bits per heavy atom. The standard InChI is InChI=1S/C21H20F3N5/c1-12-9-29-10-13(7-17(22)19(29)27-12)15-3-2-4-18-16(15)8-25-20(28-18)26-11-21(23,24)14-5-6-14/h3,7-10,14H,2,4-6,11H2,1H3,(H,25,26,28). The Bertz CT molecular complexity index is 1130. The van der Waals surface area contributed by atoms with Crippen LogP contribution in [-0.4, -0.2) is 31.8 Å². The monoisotopic (exact) mass is 399 g/mol. The van der Waals surface area contributed by atoms with Crippen molar-refractivity contribution in [2.45, 2.75) is 38.5 Å². The molecule has 3 aromatic heterocycles. The van der Waals surface area contributed by atoms with Crippen molar-refractivity contribution >= 4 is 17.2 Å². The van der Waals surface area contributed by atoms with Crippen molar-refractivity contribution in [3.8, 4) is 0 Å². The maximum atomic E-state index is 14.5. The molecule has 1 N–H and O–H groups in total. The number of rotatable bonds is 5. The molecular formula is C21H20F3N5. The van der Waals surface area contributed by atoms with Gasteiger partial charge >= 0.3 is 0 Å². The van der Waals surface area contributed by atoms with E-state index < -0.39 is 24.2 Å². The van der Waals surface area contributed by atoms with Crippen LogP contribution in [0.15, 0.2) is 30.7 Å². The minimum atomic E-state index is -2.74. The lowest BCUT2D eigenvalue weighted by molar-refractivity contribution is -0.00832. The summed E-state index contributed by atoms with van der Waals surface area (Å²) in [5.74, 6) is -3.46. The lowest BCUT2D eigenvalue weighted by Gasteiger charge is -2.20. The number of nitrogens with zero attached hydrogens (tertiary/aromatic N) is 4. The fourth-order valence-electron chi connectivity index (χ4n) is 3.83. The summed E-state index contributed by atoms with van der Waals surface area (Å²) in [5.41, 5.74) is 4.14. The number of aryl methyl sites for hydroxylation is 2. The largest absolute Gasteiger partial charge is 0.348 e. The average molecular weight is 399 g/mol. The highest BCUT2D eigenvalue weighted by molar-refractivity contribution is 5.82. The van der Waals surface area contributed by atoms with E-state index >= 15 is 0 Å². The van der Waals surface area contributed by atoms with E-state index in [1.54, 1.807) is 16.8 Å². The summed E-state index contributed by atoms with van der Waals surface area (Å²) in [4.78, 5) is 12.9. The minimum absolute atomic E-state index is 0.206. The third-order valence-electron chi connectivity index (χ3n) is 5.48. The zero-order chi connectivity index (χ0) is 20.2. The van der Waals surface area contributed by atoms with Gasteiger partial charge in [-0.05, 0) is 44.2 Å². The average Bonchev–Trinajstić information content (AvgIpc) is 3.48. The van der Waals surface area contributed by atoms with Gasteiger partial charge in [0, 0.05) is 35.6 Å². The van der Waals surface area contributed by atoms with E-state index in [-0.39, 0.29) is 11.6 Å². The molecule has 29 heavy (non-hydrogen) atoms. The summed E-state index contributed by atoms with van der Waals surface area (Å²) < 4.78 is 44.0. The van der Waals surface area contributed by atoms with E-state index in [0.29, 0.717) is 24.8 Å². The summed E-state index contributed by atoms with van der Waals surface area (Å²) in [6.45, 7) is 1.36. The number of aromatic nitrogens is 4. The third-order valence-corrected chi connectivity index (χ3v) is 5.48. The Labute approximate surface area is 165 Å². The van der Waals surface area contributed by atoms with Crippen LogP contribution in [0.5, 0.6) is 0 Å². The molecule has 2 aliphatic rings. The van der Waals surface area contributed by atoms with Gasteiger partial charge in [-0.3, -0.25) is 0 Å². The molecule has 0 spiro atoms. The number of hydrogen-bond acceptors (Lipinski definition) is 4. The molecule has 8 heteroatoms. The molecule has 0 atom stereocenters. The predicted molar refractivity (Wildman–Crippen MR) is 103 cm³/mol. The summed E-state index contributed by atoms with van der Waals surface area (Å²) >= 11 is 0. The molecular weight excluding hydrogens is 379 g/mol. The summed E-state index contributed by atoms with van der Waals surface area (Å²) in [6.07, 6.45) is 9.84. The molecule has 0 aromatic carbocycles. The number of pyridine rings is 1. The zero-order valence-electron chi connectivity index (χ0n) is 15.9. The van der Waals surface area contributed by atoms with Gasteiger partial charge in [0.05, 0.1) is 17.9 Å². The van der Waals surface area contributed by atoms with Crippen molar-refractivity contribution in [1.82, 2.24) is 19.4 Å². The van der Waals surface area contributed by atoms with Crippen LogP contribution >= 0.6 is 0 Å². The maximum absolute atomic E-state index is 14.5. The number of anilines is 1. The van der Waals surface area contributed by atoms with Crippen molar-refractivity contribution in [1.29, 1.82) is 0 Å². The SMILES string of the molecule is Cc1cn2cc(C3=CCCc4nc(NCC(F)(F)C5CC5)ncc43)cc(F)c2n1. The molecule has 5 nitrogen and oxygen atoms in total. The van der Waals surface area contributed by atoms with E-state index in [0.717, 1.165) is 28.9 Å². The fraction of sp³-hybridized carbons (Fsp3) is 0.381. The molecule has 1 fully saturated rings. The van der Waals surface area contributed by atoms with Gasteiger partial charge in [0.2, 0.25) is 5.95 Å². The van der Waals surface area contributed by atoms with Crippen LogP contribution < -0.4 is 5.32 Å². The Morgan fingerprint density at radius 1 is 1.24 bits per heavy atom. The number of allylic oxidation sites excluding steroid dienone is 1. The van der Waals surface area contributed by atoms with Gasteiger partial charge in [-0.25, -0.2) is 28.1 Å². The number of hydrogen-bond donors (Lipinski definition) is 1. The molecule has 150 valence electrons. The number of fused-ring (bicyclic) bond motifs is 2. The Morgan fingerprint density at radius 3 is 2.86 bits per heavy atom. The number of imidazole rings is 1. The lowest BCUT2D eigenvalue weighted by Crippen LogP contribution is -2.30. The first-order valence-corrected chi connectivity index (χ1v) is 9.74. The van der Waals surface area contributed by atoms with Crippen LogP contribution in [0.4, 0.5) is 19.1 Å². The van der Waals surface area contributed by atoms with Crippen molar-refractivity contribution in [2.24, 2.45) is 5.92 Å². The second-order valence-corrected chi connectivity index (χ2v) is 7.79. The molecule has 2 aliphatic carbocycles. The molecule has 3 heterocycles. The van der Waals surface area contributed by atoms with Crippen LogP contribution in [0, 0.1) is 18.7 Å². The van der Waals surface area contributed by atoms with Crippen molar-refractivity contribution in [3.63, 3.8) is 0 Å². The van der Waals surface area contributed by atoms with E-state index in [2.05, 4.69) is 20.3 Å². The van der Waals surface area contributed by atoms with Crippen molar-refractivity contribution < 1.29 is 13.2 Å². The van der Waals surface area contributed by atoms with E-state index in [1.165, 1.54) is 6.07 Å². The first-order valence-electron chi connectivity index (χ1n) is 9.74. The van der Waals surface area contributed by atoms with Crippen molar-refractivity contribution in [2.75, 3.05) is 11.9 Å².